The molecule has 1 saturated heterocycles. The van der Waals surface area contributed by atoms with Crippen molar-refractivity contribution < 1.29 is 47.3 Å². The Balaban J connectivity index is 2.01. The predicted octanol–water partition coefficient (Wildman–Crippen LogP) is 0.772. The van der Waals surface area contributed by atoms with E-state index < -0.39 is 67.0 Å². The van der Waals surface area contributed by atoms with Crippen molar-refractivity contribution in [2.75, 3.05) is 6.61 Å². The van der Waals surface area contributed by atoms with Crippen LogP contribution in [0, 0.1) is 0 Å². The molecule has 3 unspecified atom stereocenters. The zero-order valence-electron chi connectivity index (χ0n) is 16.9. The van der Waals surface area contributed by atoms with Crippen LogP contribution >= 0.6 is 0 Å². The maximum Gasteiger partial charge on any atom is 0.303 e. The quantitative estimate of drug-likeness (QED) is 0.373. The van der Waals surface area contributed by atoms with E-state index in [9.17, 15) is 24.0 Å². The largest absolute Gasteiger partial charge is 0.463 e. The highest BCUT2D eigenvalue weighted by Gasteiger charge is 2.57. The lowest BCUT2D eigenvalue weighted by Crippen LogP contribution is -2.66. The molecule has 0 aromatic heterocycles. The summed E-state index contributed by atoms with van der Waals surface area (Å²) in [5.74, 6) is -4.02. The molecule has 2 aliphatic heterocycles. The number of nitrogens with zero attached hydrogens (tertiary/aromatic N) is 1. The lowest BCUT2D eigenvalue weighted by atomic mass is 9.95. The van der Waals surface area contributed by atoms with Crippen LogP contribution in [0.5, 0.6) is 0 Å². The normalized spacial score (nSPS) is 27.5. The van der Waals surface area contributed by atoms with Crippen molar-refractivity contribution in [2.45, 2.75) is 51.5 Å². The molecule has 0 spiro atoms. The van der Waals surface area contributed by atoms with Crippen LogP contribution in [0.3, 0.4) is 0 Å². The zero-order chi connectivity index (χ0) is 22.9. The fourth-order valence-electron chi connectivity index (χ4n) is 3.62. The van der Waals surface area contributed by atoms with Gasteiger partial charge in [-0.3, -0.25) is 28.9 Å². The number of halogens is 1. The second-order valence-corrected chi connectivity index (χ2v) is 6.99. The van der Waals surface area contributed by atoms with Crippen LogP contribution in [0.2, 0.25) is 0 Å². The van der Waals surface area contributed by atoms with Crippen LogP contribution in [0.4, 0.5) is 4.39 Å². The summed E-state index contributed by atoms with van der Waals surface area (Å²) in [6.45, 7) is 2.70. The number of fused-ring (bicyclic) bond motifs is 1. The maximum absolute atomic E-state index is 15.2. The Bertz CT molecular complexity index is 898. The van der Waals surface area contributed by atoms with Crippen LogP contribution in [0.1, 0.15) is 41.5 Å². The van der Waals surface area contributed by atoms with Gasteiger partial charge in [0.15, 0.2) is 12.2 Å². The average Bonchev–Trinajstić information content (AvgIpc) is 2.93. The Kier molecular flexibility index (Phi) is 6.34. The van der Waals surface area contributed by atoms with Gasteiger partial charge in [-0.15, -0.1) is 0 Å². The number of esters is 3. The lowest BCUT2D eigenvalue weighted by molar-refractivity contribution is -0.253. The SMILES string of the molecule is CC(=O)OCC1O[C@H](F)C(N2C(=O)c3ccccc3C2=O)C(OC(C)=O)[C@@H]1OC(C)=O. The average molecular weight is 437 g/mol. The molecule has 1 aromatic rings. The van der Waals surface area contributed by atoms with E-state index in [1.54, 1.807) is 0 Å². The van der Waals surface area contributed by atoms with Gasteiger partial charge in [0.2, 0.25) is 6.36 Å². The minimum absolute atomic E-state index is 0.0485. The summed E-state index contributed by atoms with van der Waals surface area (Å²) >= 11 is 0. The maximum atomic E-state index is 15.2. The Morgan fingerprint density at radius 2 is 1.45 bits per heavy atom. The number of ether oxygens (including phenoxy) is 4. The zero-order valence-corrected chi connectivity index (χ0v) is 16.9. The van der Waals surface area contributed by atoms with Crippen LogP contribution in [-0.4, -0.2) is 71.9 Å². The molecule has 0 N–H and O–H groups in total. The minimum Gasteiger partial charge on any atom is -0.463 e. The van der Waals surface area contributed by atoms with E-state index in [-0.39, 0.29) is 11.1 Å². The Hall–Kier alpha value is -3.34. The molecule has 2 heterocycles. The number of benzene rings is 1. The summed E-state index contributed by atoms with van der Waals surface area (Å²) in [5.41, 5.74) is 0.0969. The first-order chi connectivity index (χ1) is 14.6. The second-order valence-electron chi connectivity index (χ2n) is 6.99. The first kappa shape index (κ1) is 22.3. The molecule has 31 heavy (non-hydrogen) atoms. The van der Waals surface area contributed by atoms with Crippen molar-refractivity contribution in [3.63, 3.8) is 0 Å². The summed E-state index contributed by atoms with van der Waals surface area (Å²) < 4.78 is 35.7. The molecule has 3 rings (SSSR count). The van der Waals surface area contributed by atoms with Gasteiger partial charge in [-0.1, -0.05) is 12.1 Å². The Morgan fingerprint density at radius 3 is 1.94 bits per heavy atom. The van der Waals surface area contributed by atoms with Gasteiger partial charge in [-0.2, -0.15) is 0 Å². The monoisotopic (exact) mass is 437 g/mol. The van der Waals surface area contributed by atoms with E-state index in [0.717, 1.165) is 20.8 Å². The third-order valence-corrected chi connectivity index (χ3v) is 4.78. The molecular formula is C20H20FNO9. The van der Waals surface area contributed by atoms with Gasteiger partial charge in [0.1, 0.15) is 18.8 Å². The number of amides is 2. The number of carbonyl (C=O) groups excluding carboxylic acids is 5. The summed E-state index contributed by atoms with van der Waals surface area (Å²) in [5, 5.41) is 0. The molecule has 5 atom stereocenters. The van der Waals surface area contributed by atoms with Gasteiger partial charge in [0, 0.05) is 20.8 Å². The van der Waals surface area contributed by atoms with Crippen LogP contribution in [0.15, 0.2) is 24.3 Å². The van der Waals surface area contributed by atoms with E-state index in [0.29, 0.717) is 4.90 Å². The van der Waals surface area contributed by atoms with Crippen molar-refractivity contribution in [2.24, 2.45) is 0 Å². The highest BCUT2D eigenvalue weighted by Crippen LogP contribution is 2.35. The van der Waals surface area contributed by atoms with E-state index in [4.69, 9.17) is 18.9 Å². The highest BCUT2D eigenvalue weighted by molar-refractivity contribution is 6.21. The number of hydrogen-bond donors (Lipinski definition) is 0. The van der Waals surface area contributed by atoms with Crippen LogP contribution in [0.25, 0.3) is 0 Å². The first-order valence-corrected chi connectivity index (χ1v) is 9.36. The molecule has 0 bridgehead atoms. The smallest absolute Gasteiger partial charge is 0.303 e. The van der Waals surface area contributed by atoms with Gasteiger partial charge in [-0.25, -0.2) is 4.39 Å². The Labute approximate surface area is 176 Å². The van der Waals surface area contributed by atoms with Crippen LogP contribution < -0.4 is 0 Å². The molecule has 0 radical (unpaired) electrons. The fourth-order valence-corrected chi connectivity index (χ4v) is 3.62. The van der Waals surface area contributed by atoms with Gasteiger partial charge >= 0.3 is 17.9 Å². The predicted molar refractivity (Wildman–Crippen MR) is 98.2 cm³/mol. The van der Waals surface area contributed by atoms with Gasteiger partial charge in [0.25, 0.3) is 11.8 Å². The van der Waals surface area contributed by atoms with Crippen LogP contribution in [-0.2, 0) is 33.3 Å². The van der Waals surface area contributed by atoms with Gasteiger partial charge in [0.05, 0.1) is 11.1 Å². The molecule has 2 aliphatic rings. The lowest BCUT2D eigenvalue weighted by Gasteiger charge is -2.44. The second kappa shape index (κ2) is 8.80. The first-order valence-electron chi connectivity index (χ1n) is 9.36. The molecule has 10 nitrogen and oxygen atoms in total. The number of alkyl halides is 1. The van der Waals surface area contributed by atoms with E-state index in [1.807, 2.05) is 0 Å². The molecule has 2 amide bonds. The summed E-state index contributed by atoms with van der Waals surface area (Å²) in [4.78, 5) is 61.0. The molecular weight excluding hydrogens is 417 g/mol. The van der Waals surface area contributed by atoms with E-state index >= 15 is 4.39 Å². The fraction of sp³-hybridized carbons (Fsp3) is 0.450. The number of rotatable bonds is 5. The molecule has 1 aromatic carbocycles. The minimum atomic E-state index is -2.32. The molecule has 0 saturated carbocycles. The molecule has 166 valence electrons. The molecule has 11 heteroatoms. The Morgan fingerprint density at radius 1 is 0.935 bits per heavy atom. The summed E-state index contributed by atoms with van der Waals surface area (Å²) in [7, 11) is 0. The van der Waals surface area contributed by atoms with E-state index in [1.165, 1.54) is 24.3 Å². The van der Waals surface area contributed by atoms with E-state index in [2.05, 4.69) is 0 Å². The van der Waals surface area contributed by atoms with Gasteiger partial charge in [-0.05, 0) is 12.1 Å². The number of hydrogen-bond acceptors (Lipinski definition) is 9. The number of imide groups is 1. The third kappa shape index (κ3) is 4.41. The van der Waals surface area contributed by atoms with Crippen molar-refractivity contribution in [3.05, 3.63) is 35.4 Å². The summed E-state index contributed by atoms with van der Waals surface area (Å²) in [6, 6.07) is 4.14. The third-order valence-electron chi connectivity index (χ3n) is 4.78. The van der Waals surface area contributed by atoms with Crippen molar-refractivity contribution in [1.29, 1.82) is 0 Å². The highest BCUT2D eigenvalue weighted by atomic mass is 19.1. The van der Waals surface area contributed by atoms with Gasteiger partial charge < -0.3 is 18.9 Å². The van der Waals surface area contributed by atoms with Crippen molar-refractivity contribution in [3.8, 4) is 0 Å². The molecule has 1 fully saturated rings. The summed E-state index contributed by atoms with van der Waals surface area (Å²) in [6.07, 6.45) is -6.73. The number of carbonyl (C=O) groups is 5. The standard InChI is InChI=1S/C20H20FNO9/c1-9(23)28-8-14-16(29-10(2)24)17(30-11(3)25)15(18(21)31-14)22-19(26)12-6-4-5-7-13(12)20(22)27/h4-7,14-18H,8H2,1-3H3/t14?,15?,16-,17?,18+/m1/s1. The van der Waals surface area contributed by atoms with Crippen molar-refractivity contribution >= 4 is 29.7 Å². The molecule has 0 aliphatic carbocycles. The van der Waals surface area contributed by atoms with Crippen molar-refractivity contribution in [1.82, 2.24) is 4.90 Å². The topological polar surface area (TPSA) is 126 Å².